The Morgan fingerprint density at radius 2 is 2.32 bits per heavy atom. The van der Waals surface area contributed by atoms with Gasteiger partial charge in [0.2, 0.25) is 0 Å². The lowest BCUT2D eigenvalue weighted by Gasteiger charge is -2.11. The van der Waals surface area contributed by atoms with Crippen LogP contribution in [0.5, 0.6) is 5.75 Å². The fourth-order valence-corrected chi connectivity index (χ4v) is 2.65. The second-order valence-electron chi connectivity index (χ2n) is 5.14. The van der Waals surface area contributed by atoms with Gasteiger partial charge in [0.25, 0.3) is 0 Å². The standard InChI is InChI=1S/C15H19N3O/c19-13-2-1-12-5-8-18-15(14(12)9-13)17-7-4-11-3-6-16-10-11/h1-2,5,8-9,11,16,19H,3-4,6-7,10H2,(H,17,18). The highest BCUT2D eigenvalue weighted by Crippen LogP contribution is 2.25. The molecule has 1 atom stereocenters. The summed E-state index contributed by atoms with van der Waals surface area (Å²) in [6.07, 6.45) is 4.23. The highest BCUT2D eigenvalue weighted by molar-refractivity contribution is 5.92. The molecule has 1 aromatic carbocycles. The van der Waals surface area contributed by atoms with Crippen LogP contribution in [0.1, 0.15) is 12.8 Å². The van der Waals surface area contributed by atoms with Gasteiger partial charge in [-0.25, -0.2) is 4.98 Å². The summed E-state index contributed by atoms with van der Waals surface area (Å²) in [4.78, 5) is 4.37. The van der Waals surface area contributed by atoms with Crippen molar-refractivity contribution in [2.75, 3.05) is 25.0 Å². The maximum atomic E-state index is 9.59. The second kappa shape index (κ2) is 5.45. The molecule has 1 aliphatic heterocycles. The molecule has 4 nitrogen and oxygen atoms in total. The molecule has 0 spiro atoms. The van der Waals surface area contributed by atoms with Gasteiger partial charge in [-0.1, -0.05) is 6.07 Å². The van der Waals surface area contributed by atoms with E-state index in [2.05, 4.69) is 15.6 Å². The molecule has 0 bridgehead atoms. The number of hydrogen-bond acceptors (Lipinski definition) is 4. The zero-order valence-electron chi connectivity index (χ0n) is 10.9. The molecule has 2 heterocycles. The molecule has 3 N–H and O–H groups in total. The van der Waals surface area contributed by atoms with Crippen molar-refractivity contribution in [1.82, 2.24) is 10.3 Å². The predicted molar refractivity (Wildman–Crippen MR) is 77.5 cm³/mol. The number of pyridine rings is 1. The van der Waals surface area contributed by atoms with Gasteiger partial charge in [0, 0.05) is 18.1 Å². The normalized spacial score (nSPS) is 18.8. The Morgan fingerprint density at radius 1 is 1.37 bits per heavy atom. The molecule has 1 fully saturated rings. The van der Waals surface area contributed by atoms with Crippen molar-refractivity contribution < 1.29 is 5.11 Å². The van der Waals surface area contributed by atoms with Gasteiger partial charge in [0.05, 0.1) is 0 Å². The Kier molecular flexibility index (Phi) is 3.51. The van der Waals surface area contributed by atoms with Crippen LogP contribution in [0.4, 0.5) is 5.82 Å². The van der Waals surface area contributed by atoms with Crippen LogP contribution in [0.25, 0.3) is 10.8 Å². The number of fused-ring (bicyclic) bond motifs is 1. The lowest BCUT2D eigenvalue weighted by atomic mass is 10.1. The smallest absolute Gasteiger partial charge is 0.133 e. The second-order valence-corrected chi connectivity index (χ2v) is 5.14. The molecule has 3 rings (SSSR count). The van der Waals surface area contributed by atoms with E-state index in [1.54, 1.807) is 18.3 Å². The van der Waals surface area contributed by atoms with Crippen LogP contribution in [0, 0.1) is 5.92 Å². The number of rotatable bonds is 4. The summed E-state index contributed by atoms with van der Waals surface area (Å²) < 4.78 is 0. The molecule has 0 aliphatic carbocycles. The largest absolute Gasteiger partial charge is 0.508 e. The van der Waals surface area contributed by atoms with Crippen molar-refractivity contribution in [2.24, 2.45) is 5.92 Å². The molecule has 19 heavy (non-hydrogen) atoms. The van der Waals surface area contributed by atoms with Gasteiger partial charge in [-0.3, -0.25) is 0 Å². The molecule has 2 aromatic rings. The van der Waals surface area contributed by atoms with Crippen molar-refractivity contribution >= 4 is 16.6 Å². The SMILES string of the molecule is Oc1ccc2ccnc(NCCC3CCNC3)c2c1. The van der Waals surface area contributed by atoms with Gasteiger partial charge in [-0.2, -0.15) is 0 Å². The zero-order chi connectivity index (χ0) is 13.1. The predicted octanol–water partition coefficient (Wildman–Crippen LogP) is 2.35. The summed E-state index contributed by atoms with van der Waals surface area (Å²) in [5.41, 5.74) is 0. The van der Waals surface area contributed by atoms with Gasteiger partial charge < -0.3 is 15.7 Å². The van der Waals surface area contributed by atoms with Crippen LogP contribution in [0.3, 0.4) is 0 Å². The molecular weight excluding hydrogens is 238 g/mol. The van der Waals surface area contributed by atoms with E-state index in [0.717, 1.165) is 48.6 Å². The number of anilines is 1. The zero-order valence-corrected chi connectivity index (χ0v) is 10.9. The maximum absolute atomic E-state index is 9.59. The number of hydrogen-bond donors (Lipinski definition) is 3. The number of nitrogens with one attached hydrogen (secondary N) is 2. The van der Waals surface area contributed by atoms with Crippen molar-refractivity contribution in [3.63, 3.8) is 0 Å². The lowest BCUT2D eigenvalue weighted by molar-refractivity contribution is 0.476. The highest BCUT2D eigenvalue weighted by Gasteiger charge is 2.13. The summed E-state index contributed by atoms with van der Waals surface area (Å²) >= 11 is 0. The lowest BCUT2D eigenvalue weighted by Crippen LogP contribution is -2.13. The molecule has 100 valence electrons. The molecule has 0 amide bonds. The van der Waals surface area contributed by atoms with Crippen molar-refractivity contribution in [2.45, 2.75) is 12.8 Å². The van der Waals surface area contributed by atoms with E-state index < -0.39 is 0 Å². The molecule has 1 aliphatic rings. The fraction of sp³-hybridized carbons (Fsp3) is 0.400. The summed E-state index contributed by atoms with van der Waals surface area (Å²) in [5.74, 6) is 1.92. The molecule has 0 radical (unpaired) electrons. The minimum Gasteiger partial charge on any atom is -0.508 e. The van der Waals surface area contributed by atoms with Gasteiger partial charge in [-0.15, -0.1) is 0 Å². The molecular formula is C15H19N3O. The molecule has 1 aromatic heterocycles. The van der Waals surface area contributed by atoms with Crippen LogP contribution in [0.2, 0.25) is 0 Å². The van der Waals surface area contributed by atoms with Crippen molar-refractivity contribution in [3.8, 4) is 5.75 Å². The van der Waals surface area contributed by atoms with Crippen LogP contribution in [-0.2, 0) is 0 Å². The third-order valence-electron chi connectivity index (χ3n) is 3.76. The summed E-state index contributed by atoms with van der Waals surface area (Å²) in [6.45, 7) is 3.20. The number of phenolic OH excluding ortho intramolecular Hbond substituents is 1. The first-order chi connectivity index (χ1) is 9.33. The summed E-state index contributed by atoms with van der Waals surface area (Å²) in [6, 6.07) is 7.34. The number of benzene rings is 1. The Bertz CT molecular complexity index is 564. The Balaban J connectivity index is 1.71. The number of nitrogens with zero attached hydrogens (tertiary/aromatic N) is 1. The first-order valence-corrected chi connectivity index (χ1v) is 6.85. The average Bonchev–Trinajstić information content (AvgIpc) is 2.92. The van der Waals surface area contributed by atoms with Gasteiger partial charge in [-0.05, 0) is 55.4 Å². The van der Waals surface area contributed by atoms with Crippen LogP contribution in [-0.4, -0.2) is 29.7 Å². The minimum atomic E-state index is 0.281. The van der Waals surface area contributed by atoms with Crippen LogP contribution >= 0.6 is 0 Å². The topological polar surface area (TPSA) is 57.2 Å². The van der Waals surface area contributed by atoms with E-state index in [0.29, 0.717) is 0 Å². The third kappa shape index (κ3) is 2.79. The molecule has 1 saturated heterocycles. The van der Waals surface area contributed by atoms with Gasteiger partial charge in [0.1, 0.15) is 11.6 Å². The maximum Gasteiger partial charge on any atom is 0.133 e. The van der Waals surface area contributed by atoms with Crippen molar-refractivity contribution in [3.05, 3.63) is 30.5 Å². The monoisotopic (exact) mass is 257 g/mol. The molecule has 4 heteroatoms. The Labute approximate surface area is 112 Å². The van der Waals surface area contributed by atoms with E-state index in [9.17, 15) is 5.11 Å². The molecule has 1 unspecified atom stereocenters. The Morgan fingerprint density at radius 3 is 3.16 bits per heavy atom. The first-order valence-electron chi connectivity index (χ1n) is 6.85. The third-order valence-corrected chi connectivity index (χ3v) is 3.76. The van der Waals surface area contributed by atoms with E-state index in [1.807, 2.05) is 12.1 Å². The van der Waals surface area contributed by atoms with Gasteiger partial charge in [0.15, 0.2) is 0 Å². The minimum absolute atomic E-state index is 0.281. The van der Waals surface area contributed by atoms with Crippen LogP contribution in [0.15, 0.2) is 30.5 Å². The molecule has 0 saturated carbocycles. The number of phenols is 1. The van der Waals surface area contributed by atoms with E-state index >= 15 is 0 Å². The Hall–Kier alpha value is -1.81. The summed E-state index contributed by atoms with van der Waals surface area (Å²) in [7, 11) is 0. The fourth-order valence-electron chi connectivity index (χ4n) is 2.65. The van der Waals surface area contributed by atoms with E-state index in [4.69, 9.17) is 0 Å². The van der Waals surface area contributed by atoms with Crippen LogP contribution < -0.4 is 10.6 Å². The number of aromatic nitrogens is 1. The highest BCUT2D eigenvalue weighted by atomic mass is 16.3. The quantitative estimate of drug-likeness (QED) is 0.787. The van der Waals surface area contributed by atoms with E-state index in [1.165, 1.54) is 6.42 Å². The van der Waals surface area contributed by atoms with E-state index in [-0.39, 0.29) is 5.75 Å². The van der Waals surface area contributed by atoms with Crippen molar-refractivity contribution in [1.29, 1.82) is 0 Å². The average molecular weight is 257 g/mol. The number of aromatic hydroxyl groups is 1. The summed E-state index contributed by atoms with van der Waals surface area (Å²) in [5, 5.41) is 18.4. The first kappa shape index (κ1) is 12.2. The van der Waals surface area contributed by atoms with Gasteiger partial charge >= 0.3 is 0 Å².